The van der Waals surface area contributed by atoms with Crippen molar-refractivity contribution < 1.29 is 9.13 Å². The third kappa shape index (κ3) is 2.23. The third-order valence-corrected chi connectivity index (χ3v) is 5.13. The molecule has 0 saturated heterocycles. The van der Waals surface area contributed by atoms with Crippen molar-refractivity contribution in [3.63, 3.8) is 0 Å². The lowest BCUT2D eigenvalue weighted by Gasteiger charge is -2.39. The number of benzene rings is 2. The smallest absolute Gasteiger partial charge is 0.142 e. The predicted octanol–water partition coefficient (Wildman–Crippen LogP) is 4.97. The van der Waals surface area contributed by atoms with Gasteiger partial charge in [-0.15, -0.1) is 0 Å². The lowest BCUT2D eigenvalue weighted by atomic mass is 9.75. The Hall–Kier alpha value is -2.29. The van der Waals surface area contributed by atoms with E-state index in [0.29, 0.717) is 11.8 Å². The van der Waals surface area contributed by atoms with Gasteiger partial charge < -0.3 is 10.1 Å². The molecule has 4 rings (SSSR count). The Balaban J connectivity index is 1.86. The first-order valence-corrected chi connectivity index (χ1v) is 8.05. The largest absolute Gasteiger partial charge is 0.495 e. The number of anilines is 1. The molecule has 1 aliphatic heterocycles. The Morgan fingerprint density at radius 3 is 2.87 bits per heavy atom. The van der Waals surface area contributed by atoms with Gasteiger partial charge in [-0.05, 0) is 54.2 Å². The highest BCUT2D eigenvalue weighted by Crippen LogP contribution is 2.53. The molecule has 23 heavy (non-hydrogen) atoms. The number of ether oxygens (including phenoxy) is 1. The van der Waals surface area contributed by atoms with E-state index in [0.717, 1.165) is 23.4 Å². The zero-order valence-corrected chi connectivity index (χ0v) is 13.3. The third-order valence-electron chi connectivity index (χ3n) is 5.13. The molecule has 0 fully saturated rings. The van der Waals surface area contributed by atoms with Gasteiger partial charge in [-0.3, -0.25) is 0 Å². The van der Waals surface area contributed by atoms with Gasteiger partial charge in [0.25, 0.3) is 0 Å². The molecule has 0 amide bonds. The monoisotopic (exact) mass is 309 g/mol. The normalized spacial score (nSPS) is 24.7. The lowest BCUT2D eigenvalue weighted by Crippen LogP contribution is -2.30. The fourth-order valence-corrected chi connectivity index (χ4v) is 4.07. The van der Waals surface area contributed by atoms with E-state index in [1.165, 1.54) is 17.2 Å². The number of halogens is 1. The number of hydrogen-bond donors (Lipinski definition) is 1. The maximum absolute atomic E-state index is 13.7. The van der Waals surface area contributed by atoms with Crippen LogP contribution in [0.5, 0.6) is 5.75 Å². The van der Waals surface area contributed by atoms with E-state index in [1.807, 2.05) is 12.1 Å². The van der Waals surface area contributed by atoms with Crippen molar-refractivity contribution in [3.8, 4) is 5.75 Å². The molecule has 0 saturated carbocycles. The molecule has 0 aromatic heterocycles. The van der Waals surface area contributed by atoms with Gasteiger partial charge in [-0.2, -0.15) is 0 Å². The molecule has 0 spiro atoms. The molecular weight excluding hydrogens is 289 g/mol. The minimum absolute atomic E-state index is 0.0916. The van der Waals surface area contributed by atoms with Crippen LogP contribution in [0.25, 0.3) is 0 Å². The topological polar surface area (TPSA) is 21.3 Å². The van der Waals surface area contributed by atoms with Crippen molar-refractivity contribution in [3.05, 3.63) is 71.1 Å². The van der Waals surface area contributed by atoms with Gasteiger partial charge in [0.2, 0.25) is 0 Å². The van der Waals surface area contributed by atoms with Crippen molar-refractivity contribution in [1.29, 1.82) is 0 Å². The molecule has 1 heterocycles. The minimum Gasteiger partial charge on any atom is -0.495 e. The Kier molecular flexibility index (Phi) is 3.37. The summed E-state index contributed by atoms with van der Waals surface area (Å²) in [7, 11) is 1.69. The molecule has 2 aliphatic rings. The van der Waals surface area contributed by atoms with E-state index in [2.05, 4.69) is 30.5 Å². The fraction of sp³-hybridized carbons (Fsp3) is 0.300. The second kappa shape index (κ2) is 5.41. The van der Waals surface area contributed by atoms with E-state index in [9.17, 15) is 4.39 Å². The van der Waals surface area contributed by atoms with Crippen molar-refractivity contribution in [2.24, 2.45) is 5.92 Å². The Morgan fingerprint density at radius 1 is 1.22 bits per heavy atom. The number of rotatable bonds is 2. The molecule has 118 valence electrons. The highest BCUT2D eigenvalue weighted by atomic mass is 19.1. The number of allylic oxidation sites excluding steroid dienone is 2. The molecule has 3 heteroatoms. The maximum atomic E-state index is 13.7. The molecule has 1 aliphatic carbocycles. The van der Waals surface area contributed by atoms with E-state index in [-0.39, 0.29) is 11.9 Å². The van der Waals surface area contributed by atoms with Gasteiger partial charge in [0.05, 0.1) is 18.8 Å². The van der Waals surface area contributed by atoms with Crippen LogP contribution >= 0.6 is 0 Å². The van der Waals surface area contributed by atoms with Gasteiger partial charge in [0.1, 0.15) is 11.6 Å². The van der Waals surface area contributed by atoms with Crippen molar-refractivity contribution in [2.45, 2.75) is 25.3 Å². The van der Waals surface area contributed by atoms with Crippen LogP contribution in [-0.4, -0.2) is 7.11 Å². The lowest BCUT2D eigenvalue weighted by molar-refractivity contribution is 0.396. The number of methoxy groups -OCH3 is 1. The van der Waals surface area contributed by atoms with Crippen LogP contribution < -0.4 is 10.1 Å². The van der Waals surface area contributed by atoms with E-state index in [1.54, 1.807) is 19.2 Å². The van der Waals surface area contributed by atoms with Crippen LogP contribution in [0.4, 0.5) is 10.1 Å². The van der Waals surface area contributed by atoms with Crippen LogP contribution in [0, 0.1) is 18.7 Å². The highest BCUT2D eigenvalue weighted by Gasteiger charge is 2.39. The maximum Gasteiger partial charge on any atom is 0.142 e. The molecule has 3 atom stereocenters. The van der Waals surface area contributed by atoms with Gasteiger partial charge in [0, 0.05) is 5.92 Å². The van der Waals surface area contributed by atoms with Crippen molar-refractivity contribution in [1.82, 2.24) is 0 Å². The van der Waals surface area contributed by atoms with Crippen LogP contribution in [0.15, 0.2) is 48.6 Å². The van der Waals surface area contributed by atoms with Crippen LogP contribution in [0.2, 0.25) is 0 Å². The quantitative estimate of drug-likeness (QED) is 0.791. The van der Waals surface area contributed by atoms with Gasteiger partial charge >= 0.3 is 0 Å². The highest BCUT2D eigenvalue weighted by molar-refractivity contribution is 5.69. The van der Waals surface area contributed by atoms with E-state index >= 15 is 0 Å². The Labute approximate surface area is 136 Å². The summed E-state index contributed by atoms with van der Waals surface area (Å²) in [6, 6.07) is 11.1. The molecular formula is C20H20FNO. The van der Waals surface area contributed by atoms with Gasteiger partial charge in [-0.25, -0.2) is 4.39 Å². The molecule has 0 unspecified atom stereocenters. The second-order valence-electron chi connectivity index (χ2n) is 6.40. The number of fused-ring (bicyclic) bond motifs is 3. The minimum atomic E-state index is -0.186. The van der Waals surface area contributed by atoms with Crippen LogP contribution in [-0.2, 0) is 0 Å². The van der Waals surface area contributed by atoms with Crippen LogP contribution in [0.1, 0.15) is 35.1 Å². The summed E-state index contributed by atoms with van der Waals surface area (Å²) in [4.78, 5) is 0. The SMILES string of the molecule is COc1ccc(C)c2c1N[C@H](c1cccc(F)c1)[C@@H]1CC=C[C@@H]21. The fourth-order valence-electron chi connectivity index (χ4n) is 4.07. The van der Waals surface area contributed by atoms with E-state index < -0.39 is 0 Å². The standard InChI is InChI=1S/C20H20FNO/c1-12-9-10-17(23-2)20-18(12)15-7-4-8-16(15)19(22-20)13-5-3-6-14(21)11-13/h3-7,9-11,15-16,19,22H,8H2,1-2H3/t15-,16-,19-/m1/s1. The van der Waals surface area contributed by atoms with Gasteiger partial charge in [-0.1, -0.05) is 30.4 Å². The summed E-state index contributed by atoms with van der Waals surface area (Å²) in [5.74, 6) is 1.43. The number of aryl methyl sites for hydroxylation is 1. The summed E-state index contributed by atoms with van der Waals surface area (Å²) in [6.45, 7) is 2.14. The number of nitrogens with one attached hydrogen (secondary N) is 1. The summed E-state index contributed by atoms with van der Waals surface area (Å²) in [5, 5.41) is 3.64. The van der Waals surface area contributed by atoms with Crippen LogP contribution in [0.3, 0.4) is 0 Å². The Morgan fingerprint density at radius 2 is 2.09 bits per heavy atom. The average Bonchev–Trinajstić information content (AvgIpc) is 3.03. The summed E-state index contributed by atoms with van der Waals surface area (Å²) < 4.78 is 19.3. The average molecular weight is 309 g/mol. The predicted molar refractivity (Wildman–Crippen MR) is 90.5 cm³/mol. The first kappa shape index (κ1) is 14.3. The van der Waals surface area contributed by atoms with Crippen molar-refractivity contribution in [2.75, 3.05) is 12.4 Å². The van der Waals surface area contributed by atoms with Gasteiger partial charge in [0.15, 0.2) is 0 Å². The van der Waals surface area contributed by atoms with Crippen molar-refractivity contribution >= 4 is 5.69 Å². The zero-order chi connectivity index (χ0) is 16.0. The molecule has 2 aromatic carbocycles. The molecule has 0 radical (unpaired) electrons. The number of hydrogen-bond acceptors (Lipinski definition) is 2. The molecule has 2 nitrogen and oxygen atoms in total. The first-order chi connectivity index (χ1) is 11.2. The first-order valence-electron chi connectivity index (χ1n) is 8.05. The second-order valence-corrected chi connectivity index (χ2v) is 6.40. The summed E-state index contributed by atoms with van der Waals surface area (Å²) >= 11 is 0. The molecule has 0 bridgehead atoms. The molecule has 1 N–H and O–H groups in total. The summed E-state index contributed by atoms with van der Waals surface area (Å²) in [6.07, 6.45) is 5.55. The summed E-state index contributed by atoms with van der Waals surface area (Å²) in [5.41, 5.74) is 4.63. The van der Waals surface area contributed by atoms with E-state index in [4.69, 9.17) is 4.74 Å². The Bertz CT molecular complexity index is 783. The molecule has 2 aromatic rings. The zero-order valence-electron chi connectivity index (χ0n) is 13.3.